The van der Waals surface area contributed by atoms with Crippen molar-refractivity contribution in [3.8, 4) is 0 Å². The molecule has 3 nitrogen and oxygen atoms in total. The lowest BCUT2D eigenvalue weighted by molar-refractivity contribution is 0.0787. The standard InChI is InChI=1S/C20H19ClN2O/c1-13-8-9-19-16(10-13)17(11-14(2)22-19)20(24)23(3)12-15-6-4-5-7-18(15)21/h4-11H,12H2,1-3H3. The van der Waals surface area contributed by atoms with Crippen LogP contribution in [0.5, 0.6) is 0 Å². The van der Waals surface area contributed by atoms with Crippen LogP contribution in [-0.2, 0) is 6.54 Å². The zero-order valence-corrected chi connectivity index (χ0v) is 14.8. The first-order valence-electron chi connectivity index (χ1n) is 7.82. The van der Waals surface area contributed by atoms with E-state index in [1.807, 2.05) is 62.4 Å². The van der Waals surface area contributed by atoms with Gasteiger partial charge >= 0.3 is 0 Å². The van der Waals surface area contributed by atoms with E-state index >= 15 is 0 Å². The van der Waals surface area contributed by atoms with Gasteiger partial charge in [0.05, 0.1) is 11.1 Å². The number of hydrogen-bond donors (Lipinski definition) is 0. The Morgan fingerprint density at radius 3 is 2.62 bits per heavy atom. The number of pyridine rings is 1. The quantitative estimate of drug-likeness (QED) is 0.688. The molecule has 122 valence electrons. The normalized spacial score (nSPS) is 10.8. The summed E-state index contributed by atoms with van der Waals surface area (Å²) in [5.41, 5.74) is 4.39. The summed E-state index contributed by atoms with van der Waals surface area (Å²) in [6, 6.07) is 15.4. The maximum atomic E-state index is 13.0. The van der Waals surface area contributed by atoms with Gasteiger partial charge in [-0.05, 0) is 43.7 Å². The second-order valence-electron chi connectivity index (χ2n) is 6.08. The molecule has 0 bridgehead atoms. The van der Waals surface area contributed by atoms with Gasteiger partial charge in [-0.15, -0.1) is 0 Å². The van der Waals surface area contributed by atoms with E-state index < -0.39 is 0 Å². The first kappa shape index (κ1) is 16.5. The Morgan fingerprint density at radius 2 is 1.88 bits per heavy atom. The van der Waals surface area contributed by atoms with Gasteiger partial charge < -0.3 is 4.90 Å². The summed E-state index contributed by atoms with van der Waals surface area (Å²) in [7, 11) is 1.79. The largest absolute Gasteiger partial charge is 0.337 e. The Hall–Kier alpha value is -2.39. The lowest BCUT2D eigenvalue weighted by Gasteiger charge is -2.19. The fourth-order valence-corrected chi connectivity index (χ4v) is 3.00. The lowest BCUT2D eigenvalue weighted by atomic mass is 10.0. The number of aromatic nitrogens is 1. The van der Waals surface area contributed by atoms with E-state index in [0.717, 1.165) is 27.7 Å². The lowest BCUT2D eigenvalue weighted by Crippen LogP contribution is -2.26. The molecule has 0 radical (unpaired) electrons. The van der Waals surface area contributed by atoms with Crippen LogP contribution in [0.15, 0.2) is 48.5 Å². The van der Waals surface area contributed by atoms with Gasteiger partial charge in [0.1, 0.15) is 0 Å². The van der Waals surface area contributed by atoms with E-state index in [2.05, 4.69) is 4.98 Å². The van der Waals surface area contributed by atoms with Gasteiger partial charge in [0.25, 0.3) is 5.91 Å². The van der Waals surface area contributed by atoms with Crippen LogP contribution >= 0.6 is 11.6 Å². The van der Waals surface area contributed by atoms with Crippen LogP contribution in [0.25, 0.3) is 10.9 Å². The molecule has 0 aliphatic heterocycles. The molecular weight excluding hydrogens is 320 g/mol. The number of benzene rings is 2. The molecule has 0 unspecified atom stereocenters. The number of hydrogen-bond acceptors (Lipinski definition) is 2. The van der Waals surface area contributed by atoms with Crippen molar-refractivity contribution in [3.63, 3.8) is 0 Å². The van der Waals surface area contributed by atoms with Gasteiger partial charge in [0, 0.05) is 29.7 Å². The smallest absolute Gasteiger partial charge is 0.254 e. The third kappa shape index (κ3) is 3.26. The molecule has 3 aromatic rings. The van der Waals surface area contributed by atoms with Crippen molar-refractivity contribution in [2.24, 2.45) is 0 Å². The summed E-state index contributed by atoms with van der Waals surface area (Å²) in [4.78, 5) is 19.2. The maximum Gasteiger partial charge on any atom is 0.254 e. The van der Waals surface area contributed by atoms with Crippen molar-refractivity contribution in [2.75, 3.05) is 7.05 Å². The third-order valence-corrected chi connectivity index (χ3v) is 4.40. The molecule has 1 aromatic heterocycles. The van der Waals surface area contributed by atoms with Crippen molar-refractivity contribution in [1.82, 2.24) is 9.88 Å². The van der Waals surface area contributed by atoms with Crippen LogP contribution in [-0.4, -0.2) is 22.8 Å². The maximum absolute atomic E-state index is 13.0. The molecule has 1 heterocycles. The SMILES string of the molecule is Cc1ccc2nc(C)cc(C(=O)N(C)Cc3ccccc3Cl)c2c1. The van der Waals surface area contributed by atoms with Crippen LogP contribution in [0.4, 0.5) is 0 Å². The summed E-state index contributed by atoms with van der Waals surface area (Å²) in [5, 5.41) is 1.56. The highest BCUT2D eigenvalue weighted by atomic mass is 35.5. The number of carbonyl (C=O) groups excluding carboxylic acids is 1. The van der Waals surface area contributed by atoms with Crippen LogP contribution < -0.4 is 0 Å². The molecule has 3 rings (SSSR count). The van der Waals surface area contributed by atoms with E-state index in [0.29, 0.717) is 17.1 Å². The summed E-state index contributed by atoms with van der Waals surface area (Å²) < 4.78 is 0. The molecule has 0 N–H and O–H groups in total. The molecule has 0 spiro atoms. The molecule has 0 saturated heterocycles. The highest BCUT2D eigenvalue weighted by Crippen LogP contribution is 2.23. The van der Waals surface area contributed by atoms with Gasteiger partial charge in [0.2, 0.25) is 0 Å². The number of aryl methyl sites for hydroxylation is 2. The molecule has 0 aliphatic carbocycles. The summed E-state index contributed by atoms with van der Waals surface area (Å²) in [6.07, 6.45) is 0. The number of nitrogens with zero attached hydrogens (tertiary/aromatic N) is 2. The molecule has 1 amide bonds. The fraction of sp³-hybridized carbons (Fsp3) is 0.200. The highest BCUT2D eigenvalue weighted by molar-refractivity contribution is 6.31. The molecule has 0 aliphatic rings. The highest BCUT2D eigenvalue weighted by Gasteiger charge is 2.17. The number of amides is 1. The minimum atomic E-state index is -0.0315. The van der Waals surface area contributed by atoms with Gasteiger partial charge in [-0.3, -0.25) is 9.78 Å². The van der Waals surface area contributed by atoms with Crippen molar-refractivity contribution in [1.29, 1.82) is 0 Å². The zero-order chi connectivity index (χ0) is 17.3. The Morgan fingerprint density at radius 1 is 1.12 bits per heavy atom. The zero-order valence-electron chi connectivity index (χ0n) is 14.0. The van der Waals surface area contributed by atoms with E-state index in [1.54, 1.807) is 11.9 Å². The van der Waals surface area contributed by atoms with Crippen LogP contribution in [0.2, 0.25) is 5.02 Å². The van der Waals surface area contributed by atoms with E-state index in [4.69, 9.17) is 11.6 Å². The second-order valence-corrected chi connectivity index (χ2v) is 6.49. The minimum Gasteiger partial charge on any atom is -0.337 e. The van der Waals surface area contributed by atoms with Crippen molar-refractivity contribution in [3.05, 3.63) is 75.9 Å². The van der Waals surface area contributed by atoms with Gasteiger partial charge in [0.15, 0.2) is 0 Å². The minimum absolute atomic E-state index is 0.0315. The van der Waals surface area contributed by atoms with Crippen molar-refractivity contribution >= 4 is 28.4 Å². The monoisotopic (exact) mass is 338 g/mol. The van der Waals surface area contributed by atoms with Crippen molar-refractivity contribution in [2.45, 2.75) is 20.4 Å². The van der Waals surface area contributed by atoms with Gasteiger partial charge in [-0.2, -0.15) is 0 Å². The summed E-state index contributed by atoms with van der Waals surface area (Å²) in [6.45, 7) is 4.39. The number of carbonyl (C=O) groups is 1. The van der Waals surface area contributed by atoms with Crippen LogP contribution in [0.3, 0.4) is 0 Å². The molecule has 0 saturated carbocycles. The molecule has 24 heavy (non-hydrogen) atoms. The Kier molecular flexibility index (Phi) is 4.54. The van der Waals surface area contributed by atoms with Crippen LogP contribution in [0, 0.1) is 13.8 Å². The molecular formula is C20H19ClN2O. The third-order valence-electron chi connectivity index (χ3n) is 4.03. The molecule has 0 fully saturated rings. The number of halogens is 1. The van der Waals surface area contributed by atoms with E-state index in [-0.39, 0.29) is 5.91 Å². The topological polar surface area (TPSA) is 33.2 Å². The predicted octanol–water partition coefficient (Wildman–Crippen LogP) is 4.78. The predicted molar refractivity (Wildman–Crippen MR) is 98.5 cm³/mol. The molecule has 0 atom stereocenters. The summed E-state index contributed by atoms with van der Waals surface area (Å²) >= 11 is 6.21. The first-order valence-corrected chi connectivity index (χ1v) is 8.20. The Balaban J connectivity index is 1.99. The Labute approximate surface area is 146 Å². The first-order chi connectivity index (χ1) is 11.5. The van der Waals surface area contributed by atoms with Gasteiger partial charge in [-0.25, -0.2) is 0 Å². The Bertz CT molecular complexity index is 921. The average molecular weight is 339 g/mol. The molecule has 4 heteroatoms. The van der Waals surface area contributed by atoms with E-state index in [1.165, 1.54) is 0 Å². The van der Waals surface area contributed by atoms with Crippen LogP contribution in [0.1, 0.15) is 27.2 Å². The van der Waals surface area contributed by atoms with E-state index in [9.17, 15) is 4.79 Å². The number of fused-ring (bicyclic) bond motifs is 1. The second kappa shape index (κ2) is 6.62. The average Bonchev–Trinajstić information content (AvgIpc) is 2.56. The molecule has 2 aromatic carbocycles. The fourth-order valence-electron chi connectivity index (χ4n) is 2.81. The van der Waals surface area contributed by atoms with Gasteiger partial charge in [-0.1, -0.05) is 41.4 Å². The number of rotatable bonds is 3. The van der Waals surface area contributed by atoms with Crippen molar-refractivity contribution < 1.29 is 4.79 Å². The summed E-state index contributed by atoms with van der Waals surface area (Å²) in [5.74, 6) is -0.0315.